The number of aromatic nitrogens is 2. The maximum atomic E-state index is 12.7. The smallest absolute Gasteiger partial charge is 0.311 e. The van der Waals surface area contributed by atoms with Gasteiger partial charge in [0.1, 0.15) is 0 Å². The zero-order valence-corrected chi connectivity index (χ0v) is 14.4. The van der Waals surface area contributed by atoms with E-state index in [9.17, 15) is 14.7 Å². The first-order valence-electron chi connectivity index (χ1n) is 8.04. The summed E-state index contributed by atoms with van der Waals surface area (Å²) < 4.78 is 0. The number of piperidine rings is 1. The minimum Gasteiger partial charge on any atom is -0.481 e. The fraction of sp³-hybridized carbons (Fsp3) is 0.529. The van der Waals surface area contributed by atoms with Gasteiger partial charge in [-0.1, -0.05) is 11.6 Å². The molecule has 0 saturated carbocycles. The topological polar surface area (TPSA) is 95.4 Å². The number of hydrogen-bond donors (Lipinski definition) is 2. The third-order valence-corrected chi connectivity index (χ3v) is 4.34. The molecule has 0 unspecified atom stereocenters. The highest BCUT2D eigenvalue weighted by Crippen LogP contribution is 2.35. The number of anilines is 1. The lowest BCUT2D eigenvalue weighted by molar-refractivity contribution is -0.151. The fourth-order valence-corrected chi connectivity index (χ4v) is 2.88. The van der Waals surface area contributed by atoms with Gasteiger partial charge in [0.05, 0.1) is 11.0 Å². The van der Waals surface area contributed by atoms with Crippen LogP contribution in [0.2, 0.25) is 0 Å². The van der Waals surface area contributed by atoms with Crippen LogP contribution in [0.5, 0.6) is 0 Å². The van der Waals surface area contributed by atoms with Gasteiger partial charge in [-0.15, -0.1) is 0 Å². The molecule has 0 radical (unpaired) electrons. The fourth-order valence-electron chi connectivity index (χ4n) is 2.88. The zero-order valence-electron chi connectivity index (χ0n) is 14.4. The van der Waals surface area contributed by atoms with Gasteiger partial charge in [0.2, 0.25) is 5.95 Å². The van der Waals surface area contributed by atoms with E-state index in [0.29, 0.717) is 37.3 Å². The summed E-state index contributed by atoms with van der Waals surface area (Å²) in [4.78, 5) is 34.2. The molecule has 1 fully saturated rings. The third-order valence-electron chi connectivity index (χ3n) is 4.34. The van der Waals surface area contributed by atoms with Gasteiger partial charge in [0.15, 0.2) is 0 Å². The SMILES string of the molecule is CNc1ncc(C(=O)N2CCC[C@@](CC=C(C)C)(C(=O)O)C2)cn1. The highest BCUT2D eigenvalue weighted by Gasteiger charge is 2.43. The molecule has 1 saturated heterocycles. The van der Waals surface area contributed by atoms with E-state index in [0.717, 1.165) is 5.57 Å². The Morgan fingerprint density at radius 1 is 1.38 bits per heavy atom. The van der Waals surface area contributed by atoms with Gasteiger partial charge >= 0.3 is 5.97 Å². The molecule has 7 nitrogen and oxygen atoms in total. The number of nitrogens with zero attached hydrogens (tertiary/aromatic N) is 3. The molecule has 2 heterocycles. The number of nitrogens with one attached hydrogen (secondary N) is 1. The Labute approximate surface area is 141 Å². The van der Waals surface area contributed by atoms with Crippen LogP contribution in [0.25, 0.3) is 0 Å². The molecule has 24 heavy (non-hydrogen) atoms. The van der Waals surface area contributed by atoms with Crippen molar-refractivity contribution in [2.45, 2.75) is 33.1 Å². The molecule has 130 valence electrons. The second kappa shape index (κ2) is 7.42. The van der Waals surface area contributed by atoms with Gasteiger partial charge < -0.3 is 15.3 Å². The van der Waals surface area contributed by atoms with Gasteiger partial charge in [0, 0.05) is 32.5 Å². The van der Waals surface area contributed by atoms with E-state index in [1.807, 2.05) is 19.9 Å². The summed E-state index contributed by atoms with van der Waals surface area (Å²) >= 11 is 0. The monoisotopic (exact) mass is 332 g/mol. The first-order valence-corrected chi connectivity index (χ1v) is 8.04. The lowest BCUT2D eigenvalue weighted by atomic mass is 9.76. The molecule has 2 N–H and O–H groups in total. The van der Waals surface area contributed by atoms with E-state index in [1.54, 1.807) is 11.9 Å². The predicted octanol–water partition coefficient (Wildman–Crippen LogP) is 2.18. The molecule has 0 spiro atoms. The Morgan fingerprint density at radius 2 is 2.04 bits per heavy atom. The van der Waals surface area contributed by atoms with Crippen molar-refractivity contribution in [1.29, 1.82) is 0 Å². The molecule has 0 aromatic carbocycles. The number of hydrogen-bond acceptors (Lipinski definition) is 5. The Kier molecular flexibility index (Phi) is 5.54. The summed E-state index contributed by atoms with van der Waals surface area (Å²) in [6.45, 7) is 4.65. The predicted molar refractivity (Wildman–Crippen MR) is 90.8 cm³/mol. The van der Waals surface area contributed by atoms with Gasteiger partial charge in [-0.3, -0.25) is 9.59 Å². The van der Waals surface area contributed by atoms with Crippen LogP contribution in [0.15, 0.2) is 24.0 Å². The molecule has 1 aliphatic rings. The summed E-state index contributed by atoms with van der Waals surface area (Å²) in [6, 6.07) is 0. The maximum absolute atomic E-state index is 12.7. The Hall–Kier alpha value is -2.44. The normalized spacial score (nSPS) is 20.4. The lowest BCUT2D eigenvalue weighted by Gasteiger charge is -2.39. The second-order valence-corrected chi connectivity index (χ2v) is 6.45. The highest BCUT2D eigenvalue weighted by molar-refractivity contribution is 5.94. The summed E-state index contributed by atoms with van der Waals surface area (Å²) in [6.07, 6.45) is 6.55. The van der Waals surface area contributed by atoms with Crippen molar-refractivity contribution >= 4 is 17.8 Å². The van der Waals surface area contributed by atoms with Crippen molar-refractivity contribution in [2.24, 2.45) is 5.41 Å². The number of carboxylic acid groups (broad SMARTS) is 1. The number of carbonyl (C=O) groups is 2. The van der Waals surface area contributed by atoms with Crippen LogP contribution in [0.3, 0.4) is 0 Å². The Bertz CT molecular complexity index is 638. The van der Waals surface area contributed by atoms with Crippen molar-refractivity contribution in [3.8, 4) is 0 Å². The van der Waals surface area contributed by atoms with Gasteiger partial charge in [-0.2, -0.15) is 0 Å². The number of likely N-dealkylation sites (tertiary alicyclic amines) is 1. The molecule has 1 atom stereocenters. The Morgan fingerprint density at radius 3 is 2.58 bits per heavy atom. The molecule has 0 bridgehead atoms. The van der Waals surface area contributed by atoms with E-state index < -0.39 is 11.4 Å². The molecule has 0 aliphatic carbocycles. The van der Waals surface area contributed by atoms with Crippen LogP contribution in [0.1, 0.15) is 43.5 Å². The summed E-state index contributed by atoms with van der Waals surface area (Å²) in [5.74, 6) is -0.631. The van der Waals surface area contributed by atoms with Crippen molar-refractivity contribution < 1.29 is 14.7 Å². The van der Waals surface area contributed by atoms with E-state index in [2.05, 4.69) is 15.3 Å². The molecule has 1 aromatic rings. The van der Waals surface area contributed by atoms with Crippen LogP contribution >= 0.6 is 0 Å². The largest absolute Gasteiger partial charge is 0.481 e. The summed E-state index contributed by atoms with van der Waals surface area (Å²) in [5, 5.41) is 12.5. The van der Waals surface area contributed by atoms with E-state index >= 15 is 0 Å². The third kappa shape index (κ3) is 3.90. The number of carbonyl (C=O) groups excluding carboxylic acids is 1. The molecule has 7 heteroatoms. The van der Waals surface area contributed by atoms with Crippen molar-refractivity contribution in [3.05, 3.63) is 29.6 Å². The average Bonchev–Trinajstić information content (AvgIpc) is 2.59. The molecular weight excluding hydrogens is 308 g/mol. The van der Waals surface area contributed by atoms with Crippen molar-refractivity contribution in [3.63, 3.8) is 0 Å². The van der Waals surface area contributed by atoms with Crippen LogP contribution in [-0.2, 0) is 4.79 Å². The first kappa shape index (κ1) is 17.9. The molecule has 1 aromatic heterocycles. The number of aliphatic carboxylic acids is 1. The van der Waals surface area contributed by atoms with E-state index in [4.69, 9.17) is 0 Å². The Balaban J connectivity index is 2.19. The second-order valence-electron chi connectivity index (χ2n) is 6.45. The molecule has 1 amide bonds. The zero-order chi connectivity index (χ0) is 17.7. The summed E-state index contributed by atoms with van der Waals surface area (Å²) in [5.41, 5.74) is 0.532. The molecule has 2 rings (SSSR count). The van der Waals surface area contributed by atoms with Gasteiger partial charge in [-0.25, -0.2) is 9.97 Å². The average molecular weight is 332 g/mol. The van der Waals surface area contributed by atoms with Crippen LogP contribution in [0, 0.1) is 5.41 Å². The minimum atomic E-state index is -0.920. The molecular formula is C17H24N4O3. The van der Waals surface area contributed by atoms with Gasteiger partial charge in [0.25, 0.3) is 5.91 Å². The standard InChI is InChI=1S/C17H24N4O3/c1-12(2)5-7-17(15(23)24)6-4-8-21(11-17)14(22)13-9-19-16(18-3)20-10-13/h5,9-10H,4,6-8,11H2,1-3H3,(H,23,24)(H,18,19,20)/t17-/m0/s1. The quantitative estimate of drug-likeness (QED) is 0.803. The number of amides is 1. The maximum Gasteiger partial charge on any atom is 0.311 e. The summed E-state index contributed by atoms with van der Waals surface area (Å²) in [7, 11) is 1.70. The lowest BCUT2D eigenvalue weighted by Crippen LogP contribution is -2.49. The van der Waals surface area contributed by atoms with E-state index in [-0.39, 0.29) is 12.5 Å². The minimum absolute atomic E-state index is 0.207. The van der Waals surface area contributed by atoms with Crippen LogP contribution in [0.4, 0.5) is 5.95 Å². The van der Waals surface area contributed by atoms with Crippen molar-refractivity contribution in [2.75, 3.05) is 25.5 Å². The highest BCUT2D eigenvalue weighted by atomic mass is 16.4. The number of rotatable bonds is 5. The van der Waals surface area contributed by atoms with Crippen LogP contribution in [-0.4, -0.2) is 52.0 Å². The van der Waals surface area contributed by atoms with E-state index in [1.165, 1.54) is 12.4 Å². The number of carboxylic acids is 1. The van der Waals surface area contributed by atoms with Crippen molar-refractivity contribution in [1.82, 2.24) is 14.9 Å². The van der Waals surface area contributed by atoms with Crippen LogP contribution < -0.4 is 5.32 Å². The molecule has 1 aliphatic heterocycles. The number of allylic oxidation sites excluding steroid dienone is 2. The van der Waals surface area contributed by atoms with Gasteiger partial charge in [-0.05, 0) is 33.1 Å². The first-order chi connectivity index (χ1) is 11.4.